The second kappa shape index (κ2) is 5.50. The Morgan fingerprint density at radius 3 is 2.60 bits per heavy atom. The van der Waals surface area contributed by atoms with Crippen LogP contribution in [0.1, 0.15) is 0 Å². The maximum absolute atomic E-state index is 5.41. The molecule has 1 aliphatic rings. The number of methoxy groups -OCH3 is 2. The molecule has 0 amide bonds. The maximum Gasteiger partial charge on any atom is 0.148 e. The van der Waals surface area contributed by atoms with Gasteiger partial charge in [-0.3, -0.25) is 0 Å². The fourth-order valence-electron chi connectivity index (χ4n) is 2.50. The largest absolute Gasteiger partial charge is 0.497 e. The highest BCUT2D eigenvalue weighted by Crippen LogP contribution is 2.33. The Morgan fingerprint density at radius 1 is 1.10 bits per heavy atom. The molecule has 0 atom stereocenters. The molecule has 1 N–H and O–H groups in total. The molecule has 0 unspecified atom stereocenters. The Kier molecular flexibility index (Phi) is 3.56. The van der Waals surface area contributed by atoms with E-state index in [-0.39, 0.29) is 0 Å². The zero-order valence-electron chi connectivity index (χ0n) is 11.7. The minimum absolute atomic E-state index is 0.707. The molecule has 0 spiro atoms. The van der Waals surface area contributed by atoms with Crippen LogP contribution in [0.3, 0.4) is 0 Å². The van der Waals surface area contributed by atoms with Gasteiger partial charge in [0.05, 0.1) is 19.6 Å². The summed E-state index contributed by atoms with van der Waals surface area (Å²) in [6.07, 6.45) is 1.59. The number of hydrogen-bond donors (Lipinski definition) is 1. The van der Waals surface area contributed by atoms with Crippen LogP contribution < -0.4 is 19.7 Å². The molecule has 1 aliphatic heterocycles. The molecular formula is C14H18N4O2. The predicted molar refractivity (Wildman–Crippen MR) is 77.7 cm³/mol. The first kappa shape index (κ1) is 12.9. The number of nitrogens with zero attached hydrogens (tertiary/aromatic N) is 3. The van der Waals surface area contributed by atoms with E-state index in [1.165, 1.54) is 0 Å². The summed E-state index contributed by atoms with van der Waals surface area (Å²) in [5.74, 6) is 2.40. The molecule has 3 rings (SSSR count). The van der Waals surface area contributed by atoms with Crippen molar-refractivity contribution >= 4 is 16.7 Å². The van der Waals surface area contributed by atoms with E-state index in [1.807, 2.05) is 12.1 Å². The van der Waals surface area contributed by atoms with Gasteiger partial charge >= 0.3 is 0 Å². The minimum Gasteiger partial charge on any atom is -0.497 e. The van der Waals surface area contributed by atoms with E-state index >= 15 is 0 Å². The lowest BCUT2D eigenvalue weighted by Crippen LogP contribution is -2.44. The van der Waals surface area contributed by atoms with E-state index < -0.39 is 0 Å². The second-order valence-electron chi connectivity index (χ2n) is 4.66. The maximum atomic E-state index is 5.41. The number of ether oxygens (including phenoxy) is 2. The van der Waals surface area contributed by atoms with E-state index in [0.29, 0.717) is 5.75 Å². The number of benzene rings is 1. The molecule has 1 fully saturated rings. The van der Waals surface area contributed by atoms with Gasteiger partial charge in [0.25, 0.3) is 0 Å². The van der Waals surface area contributed by atoms with Crippen LogP contribution in [-0.2, 0) is 0 Å². The van der Waals surface area contributed by atoms with Crippen molar-refractivity contribution in [1.29, 1.82) is 0 Å². The van der Waals surface area contributed by atoms with Crippen molar-refractivity contribution in [2.45, 2.75) is 0 Å². The summed E-state index contributed by atoms with van der Waals surface area (Å²) in [5, 5.41) is 4.31. The smallest absolute Gasteiger partial charge is 0.148 e. The van der Waals surface area contributed by atoms with Crippen molar-refractivity contribution in [3.8, 4) is 11.5 Å². The van der Waals surface area contributed by atoms with Gasteiger partial charge < -0.3 is 19.7 Å². The van der Waals surface area contributed by atoms with Crippen LogP contribution in [0.2, 0.25) is 0 Å². The lowest BCUT2D eigenvalue weighted by atomic mass is 10.2. The van der Waals surface area contributed by atoms with E-state index in [1.54, 1.807) is 20.5 Å². The van der Waals surface area contributed by atoms with E-state index in [9.17, 15) is 0 Å². The molecule has 0 bridgehead atoms. The van der Waals surface area contributed by atoms with E-state index in [0.717, 1.165) is 48.6 Å². The van der Waals surface area contributed by atoms with Gasteiger partial charge in [-0.15, -0.1) is 0 Å². The Hall–Kier alpha value is -2.08. The van der Waals surface area contributed by atoms with Crippen LogP contribution in [0.25, 0.3) is 10.9 Å². The second-order valence-corrected chi connectivity index (χ2v) is 4.66. The lowest BCUT2D eigenvalue weighted by Gasteiger charge is -2.29. The molecule has 6 nitrogen and oxygen atoms in total. The first-order valence-electron chi connectivity index (χ1n) is 6.66. The number of nitrogens with one attached hydrogen (secondary N) is 1. The van der Waals surface area contributed by atoms with Gasteiger partial charge in [-0.2, -0.15) is 0 Å². The van der Waals surface area contributed by atoms with Crippen LogP contribution in [0.4, 0.5) is 5.82 Å². The van der Waals surface area contributed by atoms with Gasteiger partial charge in [0.15, 0.2) is 0 Å². The molecule has 2 heterocycles. The monoisotopic (exact) mass is 274 g/mol. The molecule has 20 heavy (non-hydrogen) atoms. The van der Waals surface area contributed by atoms with Crippen molar-refractivity contribution in [2.75, 3.05) is 45.3 Å². The topological polar surface area (TPSA) is 59.5 Å². The number of hydrogen-bond acceptors (Lipinski definition) is 6. The summed E-state index contributed by atoms with van der Waals surface area (Å²) in [7, 11) is 3.29. The van der Waals surface area contributed by atoms with Crippen molar-refractivity contribution < 1.29 is 9.47 Å². The predicted octanol–water partition coefficient (Wildman–Crippen LogP) is 1.06. The fourth-order valence-corrected chi connectivity index (χ4v) is 2.50. The normalized spacial score (nSPS) is 15.4. The van der Waals surface area contributed by atoms with E-state index in [4.69, 9.17) is 9.47 Å². The highest BCUT2D eigenvalue weighted by molar-refractivity contribution is 5.94. The first-order chi connectivity index (χ1) is 9.83. The quantitative estimate of drug-likeness (QED) is 0.903. The highest BCUT2D eigenvalue weighted by atomic mass is 16.5. The Morgan fingerprint density at radius 2 is 1.90 bits per heavy atom. The molecule has 1 aromatic carbocycles. The van der Waals surface area contributed by atoms with E-state index in [2.05, 4.69) is 20.2 Å². The Labute approximate surface area is 117 Å². The number of aromatic nitrogens is 2. The summed E-state index contributed by atoms with van der Waals surface area (Å²) in [6, 6.07) is 3.81. The molecule has 0 radical (unpaired) electrons. The summed E-state index contributed by atoms with van der Waals surface area (Å²) < 4.78 is 10.8. The van der Waals surface area contributed by atoms with Gasteiger partial charge in [-0.25, -0.2) is 9.97 Å². The molecular weight excluding hydrogens is 256 g/mol. The average molecular weight is 274 g/mol. The molecule has 6 heteroatoms. The molecule has 2 aromatic rings. The number of anilines is 1. The number of rotatable bonds is 3. The average Bonchev–Trinajstić information content (AvgIpc) is 2.54. The van der Waals surface area contributed by atoms with Crippen molar-refractivity contribution in [3.63, 3.8) is 0 Å². The van der Waals surface area contributed by atoms with Crippen LogP contribution in [0, 0.1) is 0 Å². The third-order valence-corrected chi connectivity index (χ3v) is 3.53. The van der Waals surface area contributed by atoms with Crippen molar-refractivity contribution in [2.24, 2.45) is 0 Å². The van der Waals surface area contributed by atoms with Crippen LogP contribution in [-0.4, -0.2) is 50.4 Å². The Bertz CT molecular complexity index is 611. The first-order valence-corrected chi connectivity index (χ1v) is 6.66. The van der Waals surface area contributed by atoms with Gasteiger partial charge in [0.1, 0.15) is 29.2 Å². The molecule has 0 aliphatic carbocycles. The third-order valence-electron chi connectivity index (χ3n) is 3.53. The molecule has 0 saturated carbocycles. The van der Waals surface area contributed by atoms with Crippen LogP contribution in [0.15, 0.2) is 18.5 Å². The van der Waals surface area contributed by atoms with Gasteiger partial charge in [-0.05, 0) is 6.07 Å². The number of piperazine rings is 1. The summed E-state index contributed by atoms with van der Waals surface area (Å²) in [4.78, 5) is 11.1. The zero-order chi connectivity index (χ0) is 13.9. The Balaban J connectivity index is 2.16. The fraction of sp³-hybridized carbons (Fsp3) is 0.429. The lowest BCUT2D eigenvalue weighted by molar-refractivity contribution is 0.397. The minimum atomic E-state index is 0.707. The molecule has 106 valence electrons. The number of fused-ring (bicyclic) bond motifs is 1. The molecule has 1 saturated heterocycles. The summed E-state index contributed by atoms with van der Waals surface area (Å²) in [6.45, 7) is 3.80. The van der Waals surface area contributed by atoms with Gasteiger partial charge in [-0.1, -0.05) is 0 Å². The van der Waals surface area contributed by atoms with Crippen molar-refractivity contribution in [1.82, 2.24) is 15.3 Å². The molecule has 1 aromatic heterocycles. The summed E-state index contributed by atoms with van der Waals surface area (Å²) in [5.41, 5.74) is 0.817. The SMILES string of the molecule is COc1cc(OC)c2ncnc(N3CCNCC3)c2c1. The third kappa shape index (κ3) is 2.22. The highest BCUT2D eigenvalue weighted by Gasteiger charge is 2.17. The van der Waals surface area contributed by atoms with Crippen molar-refractivity contribution in [3.05, 3.63) is 18.5 Å². The van der Waals surface area contributed by atoms with Crippen LogP contribution in [0.5, 0.6) is 11.5 Å². The van der Waals surface area contributed by atoms with Gasteiger partial charge in [0.2, 0.25) is 0 Å². The standard InChI is InChI=1S/C14H18N4O2/c1-19-10-7-11-13(12(8-10)20-2)16-9-17-14(11)18-5-3-15-4-6-18/h7-9,15H,3-6H2,1-2H3. The van der Waals surface area contributed by atoms with Crippen LogP contribution >= 0.6 is 0 Å². The zero-order valence-corrected chi connectivity index (χ0v) is 11.7. The van der Waals surface area contributed by atoms with Gasteiger partial charge in [0, 0.05) is 32.2 Å². The summed E-state index contributed by atoms with van der Waals surface area (Å²) >= 11 is 0.